The Morgan fingerprint density at radius 2 is 2.47 bits per heavy atom. The predicted octanol–water partition coefficient (Wildman–Crippen LogP) is 1.55. The maximum absolute atomic E-state index is 4.96. The summed E-state index contributed by atoms with van der Waals surface area (Å²) < 4.78 is 6.77. The molecule has 2 heterocycles. The lowest BCUT2D eigenvalue weighted by Crippen LogP contribution is -2.04. The van der Waals surface area contributed by atoms with Crippen LogP contribution in [0.2, 0.25) is 0 Å². The Hall–Kier alpha value is -1.14. The van der Waals surface area contributed by atoms with Gasteiger partial charge in [0.2, 0.25) is 10.1 Å². The molecule has 82 valence electrons. The van der Waals surface area contributed by atoms with E-state index >= 15 is 0 Å². The molecule has 5 nitrogen and oxygen atoms in total. The normalized spacial score (nSPS) is 11.1. The highest BCUT2D eigenvalue weighted by atomic mass is 32.1. The van der Waals surface area contributed by atoms with Gasteiger partial charge in [0.05, 0.1) is 11.9 Å². The molecule has 0 atom stereocenters. The van der Waals surface area contributed by atoms with E-state index in [1.165, 1.54) is 0 Å². The van der Waals surface area contributed by atoms with Crippen molar-refractivity contribution in [3.05, 3.63) is 11.9 Å². The smallest absolute Gasteiger partial charge is 0.214 e. The molecule has 6 heteroatoms. The van der Waals surface area contributed by atoms with Crippen LogP contribution in [0.15, 0.2) is 6.20 Å². The van der Waals surface area contributed by atoms with Crippen molar-refractivity contribution in [2.45, 2.75) is 13.3 Å². The molecule has 0 spiro atoms. The van der Waals surface area contributed by atoms with Crippen molar-refractivity contribution in [1.82, 2.24) is 14.6 Å². The van der Waals surface area contributed by atoms with Crippen LogP contribution in [0.3, 0.4) is 0 Å². The Balaban J connectivity index is 1.94. The van der Waals surface area contributed by atoms with E-state index < -0.39 is 0 Å². The first-order valence-corrected chi connectivity index (χ1v) is 5.67. The van der Waals surface area contributed by atoms with Gasteiger partial charge in [-0.3, -0.25) is 0 Å². The predicted molar refractivity (Wildman–Crippen MR) is 60.6 cm³/mol. The number of methoxy groups -OCH3 is 1. The average Bonchev–Trinajstić information content (AvgIpc) is 2.69. The second-order valence-corrected chi connectivity index (χ2v) is 4.25. The summed E-state index contributed by atoms with van der Waals surface area (Å²) in [7, 11) is 1.71. The Labute approximate surface area is 92.1 Å². The Kier molecular flexibility index (Phi) is 3.17. The Morgan fingerprint density at radius 1 is 1.60 bits per heavy atom. The van der Waals surface area contributed by atoms with Crippen molar-refractivity contribution in [3.8, 4) is 0 Å². The van der Waals surface area contributed by atoms with Gasteiger partial charge in [0, 0.05) is 20.3 Å². The van der Waals surface area contributed by atoms with Crippen molar-refractivity contribution in [3.63, 3.8) is 0 Å². The summed E-state index contributed by atoms with van der Waals surface area (Å²) in [6.07, 6.45) is 2.91. The molecule has 0 unspecified atom stereocenters. The third kappa shape index (κ3) is 2.45. The molecule has 0 aliphatic heterocycles. The van der Waals surface area contributed by atoms with Crippen LogP contribution < -0.4 is 5.32 Å². The van der Waals surface area contributed by atoms with E-state index in [4.69, 9.17) is 4.74 Å². The minimum Gasteiger partial charge on any atom is -0.385 e. The molecular formula is C9H14N4OS. The van der Waals surface area contributed by atoms with Crippen LogP contribution in [-0.2, 0) is 4.74 Å². The molecule has 0 amide bonds. The van der Waals surface area contributed by atoms with Gasteiger partial charge in [-0.05, 0) is 13.3 Å². The van der Waals surface area contributed by atoms with Crippen molar-refractivity contribution < 1.29 is 4.74 Å². The Morgan fingerprint density at radius 3 is 3.20 bits per heavy atom. The Bertz CT molecular complexity index is 405. The molecule has 2 aromatic rings. The number of aromatic nitrogens is 3. The van der Waals surface area contributed by atoms with Crippen molar-refractivity contribution in [2.24, 2.45) is 0 Å². The quantitative estimate of drug-likeness (QED) is 0.786. The maximum atomic E-state index is 4.96. The first-order chi connectivity index (χ1) is 7.29. The lowest BCUT2D eigenvalue weighted by Gasteiger charge is -1.99. The van der Waals surface area contributed by atoms with Crippen LogP contribution >= 0.6 is 11.3 Å². The standard InChI is InChI=1S/C9H14N4OS/c1-7-6-13-9(11-7)15-8(12-13)10-4-3-5-14-2/h6H,3-5H2,1-2H3,(H,10,12). The molecule has 0 fully saturated rings. The number of nitrogens with one attached hydrogen (secondary N) is 1. The third-order valence-electron chi connectivity index (χ3n) is 1.97. The summed E-state index contributed by atoms with van der Waals surface area (Å²) in [4.78, 5) is 5.26. The summed E-state index contributed by atoms with van der Waals surface area (Å²) >= 11 is 1.56. The summed E-state index contributed by atoms with van der Waals surface area (Å²) in [5.74, 6) is 0. The second kappa shape index (κ2) is 4.59. The molecule has 0 aliphatic rings. The third-order valence-corrected chi connectivity index (χ3v) is 2.85. The van der Waals surface area contributed by atoms with Crippen LogP contribution in [0.4, 0.5) is 5.13 Å². The van der Waals surface area contributed by atoms with Gasteiger partial charge < -0.3 is 10.1 Å². The highest BCUT2D eigenvalue weighted by molar-refractivity contribution is 7.20. The topological polar surface area (TPSA) is 51.5 Å². The second-order valence-electron chi connectivity index (χ2n) is 3.29. The van der Waals surface area contributed by atoms with Crippen LogP contribution in [0.5, 0.6) is 0 Å². The van der Waals surface area contributed by atoms with Gasteiger partial charge in [-0.25, -0.2) is 9.50 Å². The van der Waals surface area contributed by atoms with Crippen molar-refractivity contribution >= 4 is 21.4 Å². The number of aryl methyl sites for hydroxylation is 1. The number of fused-ring (bicyclic) bond motifs is 1. The van der Waals surface area contributed by atoms with Gasteiger partial charge in [0.1, 0.15) is 0 Å². The number of rotatable bonds is 5. The minimum absolute atomic E-state index is 0.772. The number of anilines is 1. The fourth-order valence-electron chi connectivity index (χ4n) is 1.29. The van der Waals surface area contributed by atoms with Crippen molar-refractivity contribution in [2.75, 3.05) is 25.6 Å². The van der Waals surface area contributed by atoms with Crippen LogP contribution in [0, 0.1) is 6.92 Å². The molecule has 15 heavy (non-hydrogen) atoms. The monoisotopic (exact) mass is 226 g/mol. The zero-order chi connectivity index (χ0) is 10.7. The average molecular weight is 226 g/mol. The largest absolute Gasteiger partial charge is 0.385 e. The number of ether oxygens (including phenoxy) is 1. The van der Waals surface area contributed by atoms with Crippen LogP contribution in [-0.4, -0.2) is 34.9 Å². The van der Waals surface area contributed by atoms with Gasteiger partial charge in [-0.2, -0.15) is 0 Å². The molecular weight excluding hydrogens is 212 g/mol. The molecule has 2 aromatic heterocycles. The van der Waals surface area contributed by atoms with Gasteiger partial charge in [-0.15, -0.1) is 5.10 Å². The van der Waals surface area contributed by atoms with E-state index in [-0.39, 0.29) is 0 Å². The summed E-state index contributed by atoms with van der Waals surface area (Å²) in [5, 5.41) is 8.50. The van der Waals surface area contributed by atoms with E-state index in [1.807, 2.05) is 13.1 Å². The first-order valence-electron chi connectivity index (χ1n) is 4.85. The molecule has 0 radical (unpaired) electrons. The van der Waals surface area contributed by atoms with Crippen molar-refractivity contribution in [1.29, 1.82) is 0 Å². The fraction of sp³-hybridized carbons (Fsp3) is 0.556. The van der Waals surface area contributed by atoms with Gasteiger partial charge in [0.25, 0.3) is 0 Å². The van der Waals surface area contributed by atoms with Gasteiger partial charge >= 0.3 is 0 Å². The summed E-state index contributed by atoms with van der Waals surface area (Å²) in [6, 6.07) is 0. The fourth-order valence-corrected chi connectivity index (χ4v) is 2.15. The molecule has 2 rings (SSSR count). The molecule has 0 bridgehead atoms. The first kappa shape index (κ1) is 10.4. The number of hydrogen-bond donors (Lipinski definition) is 1. The SMILES string of the molecule is COCCCNc1nn2cc(C)nc2s1. The zero-order valence-corrected chi connectivity index (χ0v) is 9.67. The molecule has 0 aromatic carbocycles. The van der Waals surface area contributed by atoms with Crippen LogP contribution in [0.25, 0.3) is 4.96 Å². The summed E-state index contributed by atoms with van der Waals surface area (Å²) in [5.41, 5.74) is 1.000. The zero-order valence-electron chi connectivity index (χ0n) is 8.86. The van der Waals surface area contributed by atoms with E-state index in [2.05, 4.69) is 15.4 Å². The van der Waals surface area contributed by atoms with E-state index in [0.29, 0.717) is 0 Å². The lowest BCUT2D eigenvalue weighted by molar-refractivity contribution is 0.198. The maximum Gasteiger partial charge on any atom is 0.214 e. The van der Waals surface area contributed by atoms with E-state index in [0.717, 1.165) is 35.4 Å². The number of nitrogens with zero attached hydrogens (tertiary/aromatic N) is 3. The van der Waals surface area contributed by atoms with Gasteiger partial charge in [0.15, 0.2) is 0 Å². The number of imidazole rings is 1. The number of hydrogen-bond acceptors (Lipinski definition) is 5. The highest BCUT2D eigenvalue weighted by Gasteiger charge is 2.04. The lowest BCUT2D eigenvalue weighted by atomic mass is 10.4. The van der Waals surface area contributed by atoms with E-state index in [1.54, 1.807) is 23.0 Å². The van der Waals surface area contributed by atoms with E-state index in [9.17, 15) is 0 Å². The molecule has 1 N–H and O–H groups in total. The summed E-state index contributed by atoms with van der Waals surface area (Å²) in [6.45, 7) is 3.62. The highest BCUT2D eigenvalue weighted by Crippen LogP contribution is 2.18. The molecule has 0 aliphatic carbocycles. The van der Waals surface area contributed by atoms with Crippen LogP contribution in [0.1, 0.15) is 12.1 Å². The molecule has 0 saturated carbocycles. The minimum atomic E-state index is 0.772. The van der Waals surface area contributed by atoms with Gasteiger partial charge in [-0.1, -0.05) is 11.3 Å². The molecule has 0 saturated heterocycles.